The normalized spacial score (nSPS) is 16.8. The lowest BCUT2D eigenvalue weighted by Crippen LogP contribution is -2.41. The maximum absolute atomic E-state index is 10.2. The van der Waals surface area contributed by atoms with Gasteiger partial charge in [-0.1, -0.05) is 52.4 Å². The molecule has 0 bridgehead atoms. The Morgan fingerprint density at radius 3 is 2.12 bits per heavy atom. The first-order chi connectivity index (χ1) is 8.10. The average Bonchev–Trinajstić information content (AvgIpc) is 2.33. The van der Waals surface area contributed by atoms with Gasteiger partial charge in [-0.3, -0.25) is 0 Å². The molecule has 2 atom stereocenters. The molecule has 0 saturated heterocycles. The largest absolute Gasteiger partial charge is 0.390 e. The molecule has 0 aromatic carbocycles. The van der Waals surface area contributed by atoms with E-state index in [-0.39, 0.29) is 11.7 Å². The van der Waals surface area contributed by atoms with Crippen LogP contribution in [0.2, 0.25) is 0 Å². The van der Waals surface area contributed by atoms with Crippen molar-refractivity contribution in [3.63, 3.8) is 0 Å². The Bertz CT molecular complexity index is 170. The molecule has 0 spiro atoms. The van der Waals surface area contributed by atoms with Crippen molar-refractivity contribution in [2.24, 2.45) is 0 Å². The molecule has 0 aromatic rings. The van der Waals surface area contributed by atoms with E-state index in [2.05, 4.69) is 13.8 Å². The molecule has 2 heteroatoms. The molecule has 2 nitrogen and oxygen atoms in total. The second kappa shape index (κ2) is 9.90. The summed E-state index contributed by atoms with van der Waals surface area (Å²) in [5.74, 6) is 0. The van der Waals surface area contributed by atoms with Gasteiger partial charge in [0.15, 0.2) is 0 Å². The molecule has 2 unspecified atom stereocenters. The van der Waals surface area contributed by atoms with Crippen molar-refractivity contribution < 1.29 is 9.84 Å². The number of ether oxygens (including phenoxy) is 1. The molecular weight excluding hydrogens is 212 g/mol. The fourth-order valence-corrected chi connectivity index (χ4v) is 2.19. The minimum atomic E-state index is -0.349. The molecule has 1 N–H and O–H groups in total. The number of rotatable bonds is 11. The van der Waals surface area contributed by atoms with Crippen LogP contribution in [0.3, 0.4) is 0 Å². The van der Waals surface area contributed by atoms with Crippen molar-refractivity contribution in [3.8, 4) is 0 Å². The molecule has 0 aliphatic carbocycles. The summed E-state index contributed by atoms with van der Waals surface area (Å²) in [5.41, 5.74) is -0.349. The number of aliphatic hydroxyl groups excluding tert-OH is 1. The lowest BCUT2D eigenvalue weighted by atomic mass is 9.91. The summed E-state index contributed by atoms with van der Waals surface area (Å²) in [6.07, 6.45) is 9.06. The van der Waals surface area contributed by atoms with Gasteiger partial charge >= 0.3 is 0 Å². The predicted octanol–water partition coefficient (Wildman–Crippen LogP) is 4.30. The highest BCUT2D eigenvalue weighted by Crippen LogP contribution is 2.24. The Morgan fingerprint density at radius 1 is 1.00 bits per heavy atom. The van der Waals surface area contributed by atoms with Gasteiger partial charge in [-0.2, -0.15) is 0 Å². The Hall–Kier alpha value is -0.0800. The van der Waals surface area contributed by atoms with Crippen LogP contribution in [0.4, 0.5) is 0 Å². The second-order valence-electron chi connectivity index (χ2n) is 5.17. The Labute approximate surface area is 108 Å². The van der Waals surface area contributed by atoms with Gasteiger partial charge in [-0.15, -0.1) is 0 Å². The first-order valence-electron chi connectivity index (χ1n) is 7.42. The number of aliphatic hydroxyl groups is 1. The number of unbranched alkanes of at least 4 members (excludes halogenated alkanes) is 5. The summed E-state index contributed by atoms with van der Waals surface area (Å²) < 4.78 is 5.69. The third-order valence-electron chi connectivity index (χ3n) is 3.71. The van der Waals surface area contributed by atoms with Crippen LogP contribution in [0.5, 0.6) is 0 Å². The molecule has 0 saturated carbocycles. The van der Waals surface area contributed by atoms with Gasteiger partial charge in [0, 0.05) is 6.61 Å². The fourth-order valence-electron chi connectivity index (χ4n) is 2.19. The van der Waals surface area contributed by atoms with Gasteiger partial charge in [0.05, 0.1) is 11.7 Å². The van der Waals surface area contributed by atoms with E-state index in [0.717, 1.165) is 19.3 Å². The van der Waals surface area contributed by atoms with Gasteiger partial charge in [0.25, 0.3) is 0 Å². The van der Waals surface area contributed by atoms with Crippen LogP contribution >= 0.6 is 0 Å². The monoisotopic (exact) mass is 244 g/mol. The summed E-state index contributed by atoms with van der Waals surface area (Å²) in [4.78, 5) is 0. The van der Waals surface area contributed by atoms with E-state index >= 15 is 0 Å². The maximum atomic E-state index is 10.2. The SMILES string of the molecule is CCCCCCCCC(O)C(C)(CC)OCC. The molecule has 17 heavy (non-hydrogen) atoms. The topological polar surface area (TPSA) is 29.5 Å². The van der Waals surface area contributed by atoms with E-state index < -0.39 is 0 Å². The van der Waals surface area contributed by atoms with Crippen LogP contribution < -0.4 is 0 Å². The quantitative estimate of drug-likeness (QED) is 0.549. The minimum absolute atomic E-state index is 0.321. The number of hydrogen-bond donors (Lipinski definition) is 1. The van der Waals surface area contributed by atoms with E-state index in [1.165, 1.54) is 32.1 Å². The summed E-state index contributed by atoms with van der Waals surface area (Å²) >= 11 is 0. The minimum Gasteiger partial charge on any atom is -0.390 e. The van der Waals surface area contributed by atoms with E-state index in [0.29, 0.717) is 6.61 Å². The average molecular weight is 244 g/mol. The van der Waals surface area contributed by atoms with Gasteiger partial charge in [0.2, 0.25) is 0 Å². The zero-order valence-electron chi connectivity index (χ0n) is 12.3. The third-order valence-corrected chi connectivity index (χ3v) is 3.71. The molecule has 0 aliphatic rings. The summed E-state index contributed by atoms with van der Waals surface area (Å²) in [5, 5.41) is 10.2. The van der Waals surface area contributed by atoms with Gasteiger partial charge < -0.3 is 9.84 Å². The summed E-state index contributed by atoms with van der Waals surface area (Å²) in [6, 6.07) is 0. The molecule has 0 radical (unpaired) electrons. The lowest BCUT2D eigenvalue weighted by Gasteiger charge is -2.33. The van der Waals surface area contributed by atoms with Crippen molar-refractivity contribution in [1.82, 2.24) is 0 Å². The Balaban J connectivity index is 3.71. The molecule has 104 valence electrons. The fraction of sp³-hybridized carbons (Fsp3) is 1.00. The molecule has 0 amide bonds. The van der Waals surface area contributed by atoms with Crippen molar-refractivity contribution in [2.45, 2.75) is 90.8 Å². The highest BCUT2D eigenvalue weighted by molar-refractivity contribution is 4.82. The first-order valence-corrected chi connectivity index (χ1v) is 7.42. The predicted molar refractivity (Wildman–Crippen MR) is 74.3 cm³/mol. The molecule has 0 fully saturated rings. The zero-order chi connectivity index (χ0) is 13.1. The standard InChI is InChI=1S/C15H32O2/c1-5-8-9-10-11-12-13-14(16)15(4,6-2)17-7-3/h14,16H,5-13H2,1-4H3. The molecule has 0 rings (SSSR count). The summed E-state index contributed by atoms with van der Waals surface area (Å²) in [7, 11) is 0. The maximum Gasteiger partial charge on any atom is 0.0909 e. The van der Waals surface area contributed by atoms with Crippen molar-refractivity contribution in [2.75, 3.05) is 6.61 Å². The van der Waals surface area contributed by atoms with Gasteiger partial charge in [0.1, 0.15) is 0 Å². The molecule has 0 heterocycles. The van der Waals surface area contributed by atoms with E-state index in [4.69, 9.17) is 4.74 Å². The van der Waals surface area contributed by atoms with Crippen LogP contribution in [0, 0.1) is 0 Å². The van der Waals surface area contributed by atoms with Crippen LogP contribution in [0.25, 0.3) is 0 Å². The zero-order valence-corrected chi connectivity index (χ0v) is 12.3. The molecule has 0 aromatic heterocycles. The van der Waals surface area contributed by atoms with Crippen LogP contribution in [-0.2, 0) is 4.74 Å². The van der Waals surface area contributed by atoms with Crippen molar-refractivity contribution in [3.05, 3.63) is 0 Å². The second-order valence-corrected chi connectivity index (χ2v) is 5.17. The van der Waals surface area contributed by atoms with Crippen molar-refractivity contribution >= 4 is 0 Å². The molecular formula is C15H32O2. The van der Waals surface area contributed by atoms with Crippen LogP contribution in [0.15, 0.2) is 0 Å². The van der Waals surface area contributed by atoms with E-state index in [1.54, 1.807) is 0 Å². The van der Waals surface area contributed by atoms with Crippen LogP contribution in [-0.4, -0.2) is 23.4 Å². The Morgan fingerprint density at radius 2 is 1.59 bits per heavy atom. The smallest absolute Gasteiger partial charge is 0.0909 e. The van der Waals surface area contributed by atoms with Crippen molar-refractivity contribution in [1.29, 1.82) is 0 Å². The highest BCUT2D eigenvalue weighted by atomic mass is 16.5. The highest BCUT2D eigenvalue weighted by Gasteiger charge is 2.31. The Kier molecular flexibility index (Phi) is 9.85. The summed E-state index contributed by atoms with van der Waals surface area (Å²) in [6.45, 7) is 9.01. The first kappa shape index (κ1) is 16.9. The molecule has 0 aliphatic heterocycles. The van der Waals surface area contributed by atoms with E-state index in [1.807, 2.05) is 13.8 Å². The van der Waals surface area contributed by atoms with E-state index in [9.17, 15) is 5.11 Å². The lowest BCUT2D eigenvalue weighted by molar-refractivity contribution is -0.113. The number of hydrogen-bond acceptors (Lipinski definition) is 2. The van der Waals surface area contributed by atoms with Gasteiger partial charge in [-0.05, 0) is 26.7 Å². The van der Waals surface area contributed by atoms with Gasteiger partial charge in [-0.25, -0.2) is 0 Å². The third kappa shape index (κ3) is 7.05. The van der Waals surface area contributed by atoms with Crippen LogP contribution in [0.1, 0.15) is 79.1 Å².